The summed E-state index contributed by atoms with van der Waals surface area (Å²) in [5.74, 6) is -0.597. The highest BCUT2D eigenvalue weighted by Crippen LogP contribution is 2.21. The van der Waals surface area contributed by atoms with Gasteiger partial charge in [-0.25, -0.2) is 0 Å². The number of esters is 1. The van der Waals surface area contributed by atoms with Crippen LogP contribution in [0.2, 0.25) is 0 Å². The first-order valence-electron chi connectivity index (χ1n) is 4.50. The molecule has 5 nitrogen and oxygen atoms in total. The van der Waals surface area contributed by atoms with E-state index in [0.717, 1.165) is 0 Å². The molecule has 0 saturated carbocycles. The summed E-state index contributed by atoms with van der Waals surface area (Å²) in [7, 11) is 1.22. The lowest BCUT2D eigenvalue weighted by atomic mass is 10.1. The lowest BCUT2D eigenvalue weighted by molar-refractivity contribution is -0.385. The average Bonchev–Trinajstić information content (AvgIpc) is 2.28. The second-order valence-corrected chi connectivity index (χ2v) is 3.61. The van der Waals surface area contributed by atoms with Gasteiger partial charge in [-0.2, -0.15) is 0 Å². The SMILES string of the molecule is COC(=O)C(Cl)Cc1ccccc1[N+](=O)[O-]. The van der Waals surface area contributed by atoms with E-state index < -0.39 is 16.3 Å². The zero-order chi connectivity index (χ0) is 12.1. The number of methoxy groups -OCH3 is 1. The van der Waals surface area contributed by atoms with Crippen molar-refractivity contribution in [3.63, 3.8) is 0 Å². The van der Waals surface area contributed by atoms with Gasteiger partial charge in [0.2, 0.25) is 0 Å². The molecule has 0 aromatic heterocycles. The molecule has 0 spiro atoms. The maximum atomic E-state index is 11.1. The van der Waals surface area contributed by atoms with E-state index in [1.54, 1.807) is 18.2 Å². The predicted octanol–water partition coefficient (Wildman–Crippen LogP) is 1.92. The highest BCUT2D eigenvalue weighted by atomic mass is 35.5. The summed E-state index contributed by atoms with van der Waals surface area (Å²) in [6, 6.07) is 6.15. The number of para-hydroxylation sites is 1. The van der Waals surface area contributed by atoms with Gasteiger partial charge in [0.05, 0.1) is 12.0 Å². The molecular formula is C10H10ClNO4. The molecule has 0 aliphatic rings. The first kappa shape index (κ1) is 12.4. The van der Waals surface area contributed by atoms with Crippen LogP contribution in [0.5, 0.6) is 0 Å². The summed E-state index contributed by atoms with van der Waals surface area (Å²) in [4.78, 5) is 21.3. The molecule has 16 heavy (non-hydrogen) atoms. The molecule has 0 saturated heterocycles. The van der Waals surface area contributed by atoms with Crippen molar-refractivity contribution in [1.82, 2.24) is 0 Å². The molecule has 1 aromatic carbocycles. The highest BCUT2D eigenvalue weighted by molar-refractivity contribution is 6.30. The fourth-order valence-corrected chi connectivity index (χ4v) is 1.52. The number of halogens is 1. The van der Waals surface area contributed by atoms with Crippen LogP contribution in [0.1, 0.15) is 5.56 Å². The largest absolute Gasteiger partial charge is 0.468 e. The molecule has 1 atom stereocenters. The first-order chi connectivity index (χ1) is 7.56. The normalized spacial score (nSPS) is 11.9. The Hall–Kier alpha value is -1.62. The summed E-state index contributed by atoms with van der Waals surface area (Å²) >= 11 is 5.75. The van der Waals surface area contributed by atoms with Gasteiger partial charge in [0, 0.05) is 18.1 Å². The molecule has 0 heterocycles. The van der Waals surface area contributed by atoms with E-state index in [-0.39, 0.29) is 12.1 Å². The van der Waals surface area contributed by atoms with Crippen LogP contribution in [0.3, 0.4) is 0 Å². The minimum absolute atomic E-state index is 0.0444. The Labute approximate surface area is 97.1 Å². The van der Waals surface area contributed by atoms with Crippen LogP contribution in [-0.4, -0.2) is 23.4 Å². The van der Waals surface area contributed by atoms with Crippen LogP contribution in [0.25, 0.3) is 0 Å². The number of rotatable bonds is 4. The number of nitrogens with zero attached hydrogens (tertiary/aromatic N) is 1. The van der Waals surface area contributed by atoms with Crippen LogP contribution in [0.15, 0.2) is 24.3 Å². The Bertz CT molecular complexity index is 408. The van der Waals surface area contributed by atoms with E-state index in [4.69, 9.17) is 11.6 Å². The van der Waals surface area contributed by atoms with E-state index in [1.807, 2.05) is 0 Å². The Morgan fingerprint density at radius 2 is 2.19 bits per heavy atom. The van der Waals surface area contributed by atoms with Crippen molar-refractivity contribution in [2.45, 2.75) is 11.8 Å². The fourth-order valence-electron chi connectivity index (χ4n) is 1.27. The standard InChI is InChI=1S/C10H10ClNO4/c1-16-10(13)8(11)6-7-4-2-3-5-9(7)12(14)15/h2-5,8H,6H2,1H3. The van der Waals surface area contributed by atoms with Crippen molar-refractivity contribution >= 4 is 23.3 Å². The molecule has 0 radical (unpaired) electrons. The quantitative estimate of drug-likeness (QED) is 0.351. The van der Waals surface area contributed by atoms with Crippen molar-refractivity contribution in [3.8, 4) is 0 Å². The zero-order valence-electron chi connectivity index (χ0n) is 8.55. The fraction of sp³-hybridized carbons (Fsp3) is 0.300. The molecular weight excluding hydrogens is 234 g/mol. The van der Waals surface area contributed by atoms with Crippen LogP contribution in [0, 0.1) is 10.1 Å². The number of carbonyl (C=O) groups is 1. The number of nitro groups is 1. The second kappa shape index (κ2) is 5.46. The molecule has 1 rings (SSSR count). The first-order valence-corrected chi connectivity index (χ1v) is 4.94. The summed E-state index contributed by atoms with van der Waals surface area (Å²) < 4.78 is 4.44. The topological polar surface area (TPSA) is 69.4 Å². The van der Waals surface area contributed by atoms with Crippen LogP contribution in [-0.2, 0) is 16.0 Å². The van der Waals surface area contributed by atoms with Crippen molar-refractivity contribution in [1.29, 1.82) is 0 Å². The number of ether oxygens (including phenoxy) is 1. The highest BCUT2D eigenvalue weighted by Gasteiger charge is 2.21. The van der Waals surface area contributed by atoms with Crippen molar-refractivity contribution in [2.24, 2.45) is 0 Å². The van der Waals surface area contributed by atoms with E-state index in [2.05, 4.69) is 4.74 Å². The molecule has 1 unspecified atom stereocenters. The second-order valence-electron chi connectivity index (χ2n) is 3.08. The molecule has 0 aliphatic carbocycles. The minimum Gasteiger partial charge on any atom is -0.468 e. The number of hydrogen-bond donors (Lipinski definition) is 0. The van der Waals surface area contributed by atoms with Gasteiger partial charge in [-0.3, -0.25) is 14.9 Å². The molecule has 86 valence electrons. The predicted molar refractivity (Wildman–Crippen MR) is 58.5 cm³/mol. The lowest BCUT2D eigenvalue weighted by Crippen LogP contribution is -2.19. The number of benzene rings is 1. The molecule has 0 bridgehead atoms. The summed E-state index contributed by atoms with van der Waals surface area (Å²) in [6.45, 7) is 0. The van der Waals surface area contributed by atoms with E-state index in [1.165, 1.54) is 13.2 Å². The van der Waals surface area contributed by atoms with Gasteiger partial charge in [0.1, 0.15) is 5.38 Å². The van der Waals surface area contributed by atoms with E-state index in [0.29, 0.717) is 5.56 Å². The Kier molecular flexibility index (Phi) is 4.25. The molecule has 0 N–H and O–H groups in total. The molecule has 0 aliphatic heterocycles. The van der Waals surface area contributed by atoms with Crippen LogP contribution >= 0.6 is 11.6 Å². The number of carbonyl (C=O) groups excluding carboxylic acids is 1. The lowest BCUT2D eigenvalue weighted by Gasteiger charge is -2.07. The van der Waals surface area contributed by atoms with Crippen molar-refractivity contribution in [3.05, 3.63) is 39.9 Å². The molecule has 0 fully saturated rings. The van der Waals surface area contributed by atoms with Crippen molar-refractivity contribution in [2.75, 3.05) is 7.11 Å². The molecule has 0 amide bonds. The van der Waals surface area contributed by atoms with Gasteiger partial charge in [-0.1, -0.05) is 18.2 Å². The van der Waals surface area contributed by atoms with Crippen LogP contribution < -0.4 is 0 Å². The van der Waals surface area contributed by atoms with Gasteiger partial charge in [-0.05, 0) is 0 Å². The minimum atomic E-state index is -0.911. The van der Waals surface area contributed by atoms with Gasteiger partial charge in [0.15, 0.2) is 0 Å². The third-order valence-corrected chi connectivity index (χ3v) is 2.38. The maximum Gasteiger partial charge on any atom is 0.324 e. The molecule has 1 aromatic rings. The Morgan fingerprint density at radius 3 is 2.75 bits per heavy atom. The maximum absolute atomic E-state index is 11.1. The monoisotopic (exact) mass is 243 g/mol. The van der Waals surface area contributed by atoms with Crippen LogP contribution in [0.4, 0.5) is 5.69 Å². The van der Waals surface area contributed by atoms with Gasteiger partial charge < -0.3 is 4.74 Å². The number of alkyl halides is 1. The van der Waals surface area contributed by atoms with Gasteiger partial charge in [0.25, 0.3) is 5.69 Å². The summed E-state index contributed by atoms with van der Waals surface area (Å²) in [5.41, 5.74) is 0.370. The van der Waals surface area contributed by atoms with Crippen molar-refractivity contribution < 1.29 is 14.5 Å². The third-order valence-electron chi connectivity index (χ3n) is 2.04. The van der Waals surface area contributed by atoms with E-state index >= 15 is 0 Å². The summed E-state index contributed by atoms with van der Waals surface area (Å²) in [6.07, 6.45) is 0.0748. The summed E-state index contributed by atoms with van der Waals surface area (Å²) in [5, 5.41) is 9.78. The van der Waals surface area contributed by atoms with E-state index in [9.17, 15) is 14.9 Å². The number of nitro benzene ring substituents is 1. The Balaban J connectivity index is 2.88. The zero-order valence-corrected chi connectivity index (χ0v) is 9.31. The Morgan fingerprint density at radius 1 is 1.56 bits per heavy atom. The molecule has 6 heteroatoms. The average molecular weight is 244 g/mol. The third kappa shape index (κ3) is 2.93. The smallest absolute Gasteiger partial charge is 0.324 e. The number of hydrogen-bond acceptors (Lipinski definition) is 4. The van der Waals surface area contributed by atoms with Gasteiger partial charge in [-0.15, -0.1) is 11.6 Å². The van der Waals surface area contributed by atoms with Gasteiger partial charge >= 0.3 is 5.97 Å².